The van der Waals surface area contributed by atoms with Gasteiger partial charge in [-0.25, -0.2) is 0 Å². The van der Waals surface area contributed by atoms with Crippen LogP contribution in [-0.4, -0.2) is 22.6 Å². The standard InChI is InChI=1S/C11H17N3O2.ClH/c1-11(2,12)7-13-10(16)8-4-5-14(3)9(15)6-8;/h4-6H,7,12H2,1-3H3,(H,13,16);1H. The maximum atomic E-state index is 11.6. The first kappa shape index (κ1) is 15.7. The zero-order chi connectivity index (χ0) is 12.3. The lowest BCUT2D eigenvalue weighted by atomic mass is 10.1. The molecule has 0 aromatic carbocycles. The number of aryl methyl sites for hydroxylation is 1. The highest BCUT2D eigenvalue weighted by Crippen LogP contribution is 1.97. The maximum Gasteiger partial charge on any atom is 0.251 e. The SMILES string of the molecule is Cl.Cn1ccc(C(=O)NCC(C)(C)N)cc1=O. The minimum absolute atomic E-state index is 0. The second kappa shape index (κ2) is 5.84. The van der Waals surface area contributed by atoms with Crippen molar-refractivity contribution in [1.29, 1.82) is 0 Å². The molecule has 3 N–H and O–H groups in total. The van der Waals surface area contributed by atoms with E-state index in [0.717, 1.165) is 0 Å². The first-order valence-electron chi connectivity index (χ1n) is 5.03. The Morgan fingerprint density at radius 1 is 1.53 bits per heavy atom. The normalized spacial score (nSPS) is 10.6. The summed E-state index contributed by atoms with van der Waals surface area (Å²) in [5.41, 5.74) is 5.42. The first-order valence-corrected chi connectivity index (χ1v) is 5.03. The van der Waals surface area contributed by atoms with Crippen molar-refractivity contribution in [2.45, 2.75) is 19.4 Å². The Labute approximate surface area is 106 Å². The molecule has 0 radical (unpaired) electrons. The molecular formula is C11H18ClN3O2. The Kier molecular flexibility index (Phi) is 5.38. The highest BCUT2D eigenvalue weighted by Gasteiger charge is 2.13. The van der Waals surface area contributed by atoms with E-state index in [1.165, 1.54) is 10.6 Å². The molecule has 0 fully saturated rings. The minimum Gasteiger partial charge on any atom is -0.350 e. The molecule has 0 aliphatic rings. The minimum atomic E-state index is -0.463. The van der Waals surface area contributed by atoms with Gasteiger partial charge in [0.05, 0.1) is 0 Å². The molecule has 0 unspecified atom stereocenters. The summed E-state index contributed by atoms with van der Waals surface area (Å²) < 4.78 is 1.41. The topological polar surface area (TPSA) is 77.1 Å². The van der Waals surface area contributed by atoms with Crippen molar-refractivity contribution in [3.05, 3.63) is 34.2 Å². The fourth-order valence-electron chi connectivity index (χ4n) is 1.10. The van der Waals surface area contributed by atoms with Gasteiger partial charge in [0.2, 0.25) is 0 Å². The second-order valence-corrected chi connectivity index (χ2v) is 4.54. The van der Waals surface area contributed by atoms with Crippen molar-refractivity contribution < 1.29 is 4.79 Å². The van der Waals surface area contributed by atoms with Gasteiger partial charge in [0.25, 0.3) is 11.5 Å². The molecule has 0 saturated heterocycles. The van der Waals surface area contributed by atoms with Crippen molar-refractivity contribution in [2.24, 2.45) is 12.8 Å². The van der Waals surface area contributed by atoms with Crippen molar-refractivity contribution in [3.63, 3.8) is 0 Å². The van der Waals surface area contributed by atoms with Crippen LogP contribution in [0, 0.1) is 0 Å². The number of carbonyl (C=O) groups is 1. The van der Waals surface area contributed by atoms with Crippen molar-refractivity contribution in [3.8, 4) is 0 Å². The molecule has 1 heterocycles. The second-order valence-electron chi connectivity index (χ2n) is 4.54. The third-order valence-corrected chi connectivity index (χ3v) is 2.07. The summed E-state index contributed by atoms with van der Waals surface area (Å²) in [5, 5.41) is 2.67. The van der Waals surface area contributed by atoms with Gasteiger partial charge in [-0.2, -0.15) is 0 Å². The van der Waals surface area contributed by atoms with E-state index < -0.39 is 5.54 Å². The number of carbonyl (C=O) groups excluding carboxylic acids is 1. The van der Waals surface area contributed by atoms with Crippen molar-refractivity contribution in [1.82, 2.24) is 9.88 Å². The summed E-state index contributed by atoms with van der Waals surface area (Å²) in [4.78, 5) is 22.9. The lowest BCUT2D eigenvalue weighted by molar-refractivity contribution is 0.0945. The van der Waals surface area contributed by atoms with Crippen LogP contribution in [0.5, 0.6) is 0 Å². The lowest BCUT2D eigenvalue weighted by Crippen LogP contribution is -2.45. The van der Waals surface area contributed by atoms with Gasteiger partial charge < -0.3 is 15.6 Å². The first-order chi connectivity index (χ1) is 7.29. The quantitative estimate of drug-likeness (QED) is 0.818. The number of pyridine rings is 1. The number of nitrogens with one attached hydrogen (secondary N) is 1. The van der Waals surface area contributed by atoms with Crippen LogP contribution in [-0.2, 0) is 7.05 Å². The zero-order valence-corrected chi connectivity index (χ0v) is 11.0. The molecular weight excluding hydrogens is 242 g/mol. The van der Waals surface area contributed by atoms with E-state index in [4.69, 9.17) is 5.73 Å². The number of halogens is 1. The predicted octanol–water partition coefficient (Wildman–Crippen LogP) is 0.274. The average Bonchev–Trinajstić information content (AvgIpc) is 2.17. The summed E-state index contributed by atoms with van der Waals surface area (Å²) in [6.45, 7) is 4.00. The molecule has 0 atom stereocenters. The van der Waals surface area contributed by atoms with Crippen LogP contribution in [0.15, 0.2) is 23.1 Å². The van der Waals surface area contributed by atoms with Crippen LogP contribution < -0.4 is 16.6 Å². The third-order valence-electron chi connectivity index (χ3n) is 2.07. The van der Waals surface area contributed by atoms with E-state index in [1.807, 2.05) is 13.8 Å². The zero-order valence-electron chi connectivity index (χ0n) is 10.2. The summed E-state index contributed by atoms with van der Waals surface area (Å²) in [5.74, 6) is -0.281. The molecule has 1 aromatic rings. The molecule has 17 heavy (non-hydrogen) atoms. The predicted molar refractivity (Wildman–Crippen MR) is 69.5 cm³/mol. The van der Waals surface area contributed by atoms with Crippen LogP contribution in [0.2, 0.25) is 0 Å². The van der Waals surface area contributed by atoms with Crippen LogP contribution in [0.1, 0.15) is 24.2 Å². The van der Waals surface area contributed by atoms with Gasteiger partial charge in [0, 0.05) is 37.0 Å². The summed E-state index contributed by atoms with van der Waals surface area (Å²) in [7, 11) is 1.63. The molecule has 5 nitrogen and oxygen atoms in total. The molecule has 1 aromatic heterocycles. The Balaban J connectivity index is 0.00000256. The van der Waals surface area contributed by atoms with Crippen molar-refractivity contribution >= 4 is 18.3 Å². The lowest BCUT2D eigenvalue weighted by Gasteiger charge is -2.18. The van der Waals surface area contributed by atoms with Gasteiger partial charge in [-0.15, -0.1) is 12.4 Å². The number of hydrogen-bond acceptors (Lipinski definition) is 3. The van der Waals surface area contributed by atoms with E-state index in [0.29, 0.717) is 12.1 Å². The van der Waals surface area contributed by atoms with E-state index in [2.05, 4.69) is 5.32 Å². The molecule has 0 aliphatic carbocycles. The van der Waals surface area contributed by atoms with Gasteiger partial charge in [0.15, 0.2) is 0 Å². The average molecular weight is 260 g/mol. The molecule has 0 spiro atoms. The van der Waals surface area contributed by atoms with Gasteiger partial charge in [-0.3, -0.25) is 9.59 Å². The Morgan fingerprint density at radius 2 is 2.12 bits per heavy atom. The third kappa shape index (κ3) is 5.01. The number of nitrogens with zero attached hydrogens (tertiary/aromatic N) is 1. The number of aromatic nitrogens is 1. The van der Waals surface area contributed by atoms with E-state index >= 15 is 0 Å². The van der Waals surface area contributed by atoms with Crippen molar-refractivity contribution in [2.75, 3.05) is 6.54 Å². The van der Waals surface area contributed by atoms with E-state index in [-0.39, 0.29) is 23.9 Å². The summed E-state index contributed by atoms with van der Waals surface area (Å²) in [6.07, 6.45) is 1.56. The number of hydrogen-bond donors (Lipinski definition) is 2. The van der Waals surface area contributed by atoms with E-state index in [9.17, 15) is 9.59 Å². The number of nitrogens with two attached hydrogens (primary N) is 1. The summed E-state index contributed by atoms with van der Waals surface area (Å²) >= 11 is 0. The fraction of sp³-hybridized carbons (Fsp3) is 0.455. The van der Waals surface area contributed by atoms with Gasteiger partial charge in [-0.1, -0.05) is 0 Å². The van der Waals surface area contributed by atoms with Crippen LogP contribution in [0.3, 0.4) is 0 Å². The molecule has 0 aliphatic heterocycles. The number of amides is 1. The largest absolute Gasteiger partial charge is 0.350 e. The highest BCUT2D eigenvalue weighted by atomic mass is 35.5. The Bertz CT molecular complexity index is 449. The molecule has 6 heteroatoms. The Morgan fingerprint density at radius 3 is 2.59 bits per heavy atom. The molecule has 96 valence electrons. The fourth-order valence-corrected chi connectivity index (χ4v) is 1.10. The molecule has 0 saturated carbocycles. The number of rotatable bonds is 3. The van der Waals surface area contributed by atoms with Gasteiger partial charge >= 0.3 is 0 Å². The van der Waals surface area contributed by atoms with E-state index in [1.54, 1.807) is 19.3 Å². The molecule has 1 amide bonds. The van der Waals surface area contributed by atoms with Crippen LogP contribution in [0.25, 0.3) is 0 Å². The monoisotopic (exact) mass is 259 g/mol. The molecule has 0 bridgehead atoms. The highest BCUT2D eigenvalue weighted by molar-refractivity contribution is 5.94. The summed E-state index contributed by atoms with van der Waals surface area (Å²) in [6, 6.07) is 2.90. The maximum absolute atomic E-state index is 11.6. The Hall–Kier alpha value is -1.33. The smallest absolute Gasteiger partial charge is 0.251 e. The van der Waals surface area contributed by atoms with Gasteiger partial charge in [-0.05, 0) is 19.9 Å². The van der Waals surface area contributed by atoms with Crippen LogP contribution in [0.4, 0.5) is 0 Å². The van der Waals surface area contributed by atoms with Crippen LogP contribution >= 0.6 is 12.4 Å². The van der Waals surface area contributed by atoms with Gasteiger partial charge in [0.1, 0.15) is 0 Å². The molecule has 1 rings (SSSR count).